The Morgan fingerprint density at radius 3 is 2.59 bits per heavy atom. The molecule has 7 nitrogen and oxygen atoms in total. The quantitative estimate of drug-likeness (QED) is 0.502. The summed E-state index contributed by atoms with van der Waals surface area (Å²) < 4.78 is 7.27. The van der Waals surface area contributed by atoms with Gasteiger partial charge in [-0.15, -0.1) is 10.2 Å². The summed E-state index contributed by atoms with van der Waals surface area (Å²) in [6, 6.07) is 11.2. The molecule has 8 heteroatoms. The molecule has 0 unspecified atom stereocenters. The lowest BCUT2D eigenvalue weighted by Crippen LogP contribution is -2.02. The van der Waals surface area contributed by atoms with Crippen LogP contribution >= 0.6 is 11.8 Å². The Bertz CT molecular complexity index is 1220. The molecule has 0 aliphatic carbocycles. The van der Waals surface area contributed by atoms with Crippen molar-refractivity contribution in [3.05, 3.63) is 82.2 Å². The van der Waals surface area contributed by atoms with Gasteiger partial charge in [0.05, 0.1) is 11.4 Å². The second-order valence-corrected chi connectivity index (χ2v) is 7.47. The lowest BCUT2D eigenvalue weighted by Gasteiger charge is -2.12. The van der Waals surface area contributed by atoms with Gasteiger partial charge in [-0.2, -0.15) is 0 Å². The van der Waals surface area contributed by atoms with Crippen LogP contribution in [0.5, 0.6) is 5.75 Å². The summed E-state index contributed by atoms with van der Waals surface area (Å²) in [5.41, 5.74) is 3.73. The standard InChI is InChI=1S/C21H18N4O3S/c1-13-3-4-16(9-14(13)2)25-20(15-5-7-22-8-6-15)23-24-21(25)29-12-17-10-18(26)19(27)11-28-17/h3-11,27H,12H2,1-2H3. The van der Waals surface area contributed by atoms with Gasteiger partial charge in [0.15, 0.2) is 16.7 Å². The summed E-state index contributed by atoms with van der Waals surface area (Å²) in [4.78, 5) is 15.7. The van der Waals surface area contributed by atoms with Gasteiger partial charge in [-0.1, -0.05) is 17.8 Å². The molecule has 0 amide bonds. The number of pyridine rings is 1. The van der Waals surface area contributed by atoms with Crippen molar-refractivity contribution in [3.8, 4) is 22.8 Å². The van der Waals surface area contributed by atoms with Crippen LogP contribution in [0.4, 0.5) is 0 Å². The largest absolute Gasteiger partial charge is 0.502 e. The summed E-state index contributed by atoms with van der Waals surface area (Å²) >= 11 is 1.39. The van der Waals surface area contributed by atoms with Gasteiger partial charge in [-0.05, 0) is 49.2 Å². The number of aromatic nitrogens is 4. The third-order valence-electron chi connectivity index (χ3n) is 4.53. The third kappa shape index (κ3) is 3.93. The first-order valence-corrected chi connectivity index (χ1v) is 9.88. The molecule has 0 saturated carbocycles. The van der Waals surface area contributed by atoms with E-state index in [0.717, 1.165) is 23.1 Å². The van der Waals surface area contributed by atoms with Crippen molar-refractivity contribution >= 4 is 11.8 Å². The second-order valence-electron chi connectivity index (χ2n) is 6.53. The van der Waals surface area contributed by atoms with E-state index in [1.807, 2.05) is 22.8 Å². The molecule has 1 aromatic carbocycles. The predicted octanol–water partition coefficient (Wildman–Crippen LogP) is 3.90. The van der Waals surface area contributed by atoms with Crippen molar-refractivity contribution < 1.29 is 9.52 Å². The minimum absolute atomic E-state index is 0.370. The van der Waals surface area contributed by atoms with E-state index in [0.29, 0.717) is 22.5 Å². The molecule has 3 aromatic heterocycles. The molecule has 29 heavy (non-hydrogen) atoms. The third-order valence-corrected chi connectivity index (χ3v) is 5.48. The number of aromatic hydroxyl groups is 1. The van der Waals surface area contributed by atoms with Crippen molar-refractivity contribution in [2.75, 3.05) is 0 Å². The van der Waals surface area contributed by atoms with E-state index in [1.165, 1.54) is 23.4 Å². The fourth-order valence-corrected chi connectivity index (χ4v) is 3.65. The fourth-order valence-electron chi connectivity index (χ4n) is 2.80. The Kier molecular flexibility index (Phi) is 5.18. The summed E-state index contributed by atoms with van der Waals surface area (Å²) in [7, 11) is 0. The number of thioether (sulfide) groups is 1. The van der Waals surface area contributed by atoms with E-state index in [1.54, 1.807) is 12.4 Å². The molecule has 0 bridgehead atoms. The van der Waals surface area contributed by atoms with Crippen LogP contribution in [0, 0.1) is 13.8 Å². The summed E-state index contributed by atoms with van der Waals surface area (Å²) in [6.07, 6.45) is 4.48. The van der Waals surface area contributed by atoms with Gasteiger partial charge in [0, 0.05) is 24.0 Å². The van der Waals surface area contributed by atoms with Crippen LogP contribution in [-0.2, 0) is 5.75 Å². The van der Waals surface area contributed by atoms with E-state index in [2.05, 4.69) is 41.2 Å². The van der Waals surface area contributed by atoms with Gasteiger partial charge in [-0.25, -0.2) is 0 Å². The van der Waals surface area contributed by atoms with Crippen molar-refractivity contribution in [3.63, 3.8) is 0 Å². The van der Waals surface area contributed by atoms with E-state index in [-0.39, 0.29) is 0 Å². The van der Waals surface area contributed by atoms with Crippen LogP contribution < -0.4 is 5.43 Å². The van der Waals surface area contributed by atoms with Crippen LogP contribution in [0.1, 0.15) is 16.9 Å². The second kappa shape index (κ2) is 7.92. The van der Waals surface area contributed by atoms with Gasteiger partial charge < -0.3 is 9.52 Å². The molecule has 0 aliphatic heterocycles. The molecule has 146 valence electrons. The molecule has 0 saturated heterocycles. The van der Waals surface area contributed by atoms with Crippen LogP contribution in [0.15, 0.2) is 69.4 Å². The Hall–Kier alpha value is -3.39. The highest BCUT2D eigenvalue weighted by Gasteiger charge is 2.17. The highest BCUT2D eigenvalue weighted by molar-refractivity contribution is 7.98. The molecule has 0 aliphatic rings. The summed E-state index contributed by atoms with van der Waals surface area (Å²) in [5.74, 6) is 1.11. The van der Waals surface area contributed by atoms with E-state index in [9.17, 15) is 9.90 Å². The topological polar surface area (TPSA) is 94.0 Å². The van der Waals surface area contributed by atoms with Crippen LogP contribution in [0.25, 0.3) is 17.1 Å². The first-order valence-electron chi connectivity index (χ1n) is 8.90. The van der Waals surface area contributed by atoms with Gasteiger partial charge in [0.25, 0.3) is 0 Å². The van der Waals surface area contributed by atoms with E-state index >= 15 is 0 Å². The predicted molar refractivity (Wildman–Crippen MR) is 110 cm³/mol. The molecular weight excluding hydrogens is 388 g/mol. The van der Waals surface area contributed by atoms with Crippen LogP contribution in [-0.4, -0.2) is 24.9 Å². The molecule has 4 aromatic rings. The lowest BCUT2D eigenvalue weighted by atomic mass is 10.1. The average Bonchev–Trinajstić information content (AvgIpc) is 3.15. The number of benzene rings is 1. The Morgan fingerprint density at radius 2 is 1.86 bits per heavy atom. The minimum atomic E-state index is -0.472. The number of rotatable bonds is 5. The molecule has 1 N–H and O–H groups in total. The molecule has 0 fully saturated rings. The maximum Gasteiger partial charge on any atom is 0.226 e. The molecule has 4 rings (SSSR count). The monoisotopic (exact) mass is 406 g/mol. The van der Waals surface area contributed by atoms with Crippen molar-refractivity contribution in [1.82, 2.24) is 19.7 Å². The van der Waals surface area contributed by atoms with Crippen molar-refractivity contribution in [1.29, 1.82) is 0 Å². The highest BCUT2D eigenvalue weighted by Crippen LogP contribution is 2.30. The van der Waals surface area contributed by atoms with Gasteiger partial charge in [-0.3, -0.25) is 14.3 Å². The molecule has 0 spiro atoms. The molecule has 0 atom stereocenters. The van der Waals surface area contributed by atoms with Gasteiger partial charge in [0.1, 0.15) is 12.0 Å². The Labute approximate surface area is 171 Å². The maximum atomic E-state index is 11.6. The van der Waals surface area contributed by atoms with Gasteiger partial charge in [0.2, 0.25) is 5.43 Å². The van der Waals surface area contributed by atoms with Gasteiger partial charge >= 0.3 is 0 Å². The number of hydrogen-bond donors (Lipinski definition) is 1. The zero-order valence-electron chi connectivity index (χ0n) is 15.9. The first kappa shape index (κ1) is 18.9. The van der Waals surface area contributed by atoms with E-state index in [4.69, 9.17) is 4.42 Å². The maximum absolute atomic E-state index is 11.6. The lowest BCUT2D eigenvalue weighted by molar-refractivity contribution is 0.419. The zero-order chi connectivity index (χ0) is 20.4. The smallest absolute Gasteiger partial charge is 0.226 e. The normalized spacial score (nSPS) is 11.0. The van der Waals surface area contributed by atoms with Crippen molar-refractivity contribution in [2.45, 2.75) is 24.8 Å². The van der Waals surface area contributed by atoms with Crippen molar-refractivity contribution in [2.24, 2.45) is 0 Å². The highest BCUT2D eigenvalue weighted by atomic mass is 32.2. The summed E-state index contributed by atoms with van der Waals surface area (Å²) in [5, 5.41) is 18.8. The molecular formula is C21H18N4O3S. The Morgan fingerprint density at radius 1 is 1.07 bits per heavy atom. The first-order chi connectivity index (χ1) is 14.0. The number of nitrogens with zero attached hydrogens (tertiary/aromatic N) is 4. The van der Waals surface area contributed by atoms with Crippen LogP contribution in [0.2, 0.25) is 0 Å². The van der Waals surface area contributed by atoms with Crippen LogP contribution in [0.3, 0.4) is 0 Å². The minimum Gasteiger partial charge on any atom is -0.502 e. The fraction of sp³-hybridized carbons (Fsp3) is 0.143. The zero-order valence-corrected chi connectivity index (χ0v) is 16.7. The average molecular weight is 406 g/mol. The molecule has 0 radical (unpaired) electrons. The number of hydrogen-bond acceptors (Lipinski definition) is 7. The molecule has 3 heterocycles. The SMILES string of the molecule is Cc1ccc(-n2c(SCc3cc(=O)c(O)co3)nnc2-c2ccncc2)cc1C. The number of aryl methyl sites for hydroxylation is 2. The van der Waals surface area contributed by atoms with E-state index < -0.39 is 11.2 Å². The summed E-state index contributed by atoms with van der Waals surface area (Å²) in [6.45, 7) is 4.13. The Balaban J connectivity index is 1.75.